The number of nitrogens with one attached hydrogen (secondary N) is 1. The Labute approximate surface area is 95.7 Å². The van der Waals surface area contributed by atoms with Crippen LogP contribution in [-0.4, -0.2) is 34.4 Å². The maximum Gasteiger partial charge on any atom is 0.240 e. The second kappa shape index (κ2) is 4.22. The molecule has 0 unspecified atom stereocenters. The maximum atomic E-state index is 11.7. The lowest BCUT2D eigenvalue weighted by atomic mass is 9.98. The molecule has 1 aliphatic rings. The lowest BCUT2D eigenvalue weighted by Crippen LogP contribution is -2.61. The second-order valence-electron chi connectivity index (χ2n) is 4.60. The van der Waals surface area contributed by atoms with Crippen LogP contribution in [0.1, 0.15) is 19.4 Å². The molecule has 1 saturated heterocycles. The van der Waals surface area contributed by atoms with Gasteiger partial charge in [0.1, 0.15) is 0 Å². The third-order valence-electron chi connectivity index (χ3n) is 3.11. The van der Waals surface area contributed by atoms with E-state index in [1.807, 2.05) is 32.2 Å². The summed E-state index contributed by atoms with van der Waals surface area (Å²) in [4.78, 5) is 18.0. The number of rotatable bonds is 2. The van der Waals surface area contributed by atoms with Crippen LogP contribution in [0.25, 0.3) is 0 Å². The maximum absolute atomic E-state index is 11.7. The Morgan fingerprint density at radius 1 is 1.56 bits per heavy atom. The van der Waals surface area contributed by atoms with E-state index in [2.05, 4.69) is 15.2 Å². The highest BCUT2D eigenvalue weighted by Gasteiger charge is 2.37. The fourth-order valence-electron chi connectivity index (χ4n) is 1.93. The number of pyridine rings is 1. The van der Waals surface area contributed by atoms with Crippen molar-refractivity contribution in [3.05, 3.63) is 30.1 Å². The van der Waals surface area contributed by atoms with Crippen LogP contribution >= 0.6 is 0 Å². The molecule has 16 heavy (non-hydrogen) atoms. The smallest absolute Gasteiger partial charge is 0.240 e. The predicted octanol–water partition coefficient (Wildman–Crippen LogP) is 0.792. The molecule has 1 N–H and O–H groups in total. The van der Waals surface area contributed by atoms with Crippen molar-refractivity contribution in [2.75, 3.05) is 13.1 Å². The Kier molecular flexibility index (Phi) is 2.92. The first-order valence-corrected chi connectivity index (χ1v) is 5.53. The second-order valence-corrected chi connectivity index (χ2v) is 4.60. The van der Waals surface area contributed by atoms with Gasteiger partial charge < -0.3 is 5.32 Å². The van der Waals surface area contributed by atoms with Crippen molar-refractivity contribution in [2.24, 2.45) is 0 Å². The molecule has 0 bridgehead atoms. The Morgan fingerprint density at radius 3 is 3.06 bits per heavy atom. The molecule has 0 aromatic carbocycles. The van der Waals surface area contributed by atoms with Gasteiger partial charge in [-0.05, 0) is 25.5 Å². The lowest BCUT2D eigenvalue weighted by Gasteiger charge is -2.41. The first kappa shape index (κ1) is 11.1. The van der Waals surface area contributed by atoms with Crippen LogP contribution < -0.4 is 5.32 Å². The molecule has 1 aromatic heterocycles. The predicted molar refractivity (Wildman–Crippen MR) is 61.7 cm³/mol. The molecule has 2 rings (SSSR count). The molecule has 0 aliphatic carbocycles. The molecule has 1 amide bonds. The zero-order valence-electron chi connectivity index (χ0n) is 9.73. The van der Waals surface area contributed by atoms with E-state index in [9.17, 15) is 4.79 Å². The first-order valence-electron chi connectivity index (χ1n) is 5.53. The summed E-state index contributed by atoms with van der Waals surface area (Å²) in [5, 5.41) is 2.89. The van der Waals surface area contributed by atoms with Gasteiger partial charge in [-0.2, -0.15) is 0 Å². The summed E-state index contributed by atoms with van der Waals surface area (Å²) in [5.41, 5.74) is 0.707. The Hall–Kier alpha value is -1.42. The number of carbonyl (C=O) groups is 1. The van der Waals surface area contributed by atoms with Gasteiger partial charge in [0.2, 0.25) is 5.91 Å². The third kappa shape index (κ3) is 2.07. The summed E-state index contributed by atoms with van der Waals surface area (Å²) in [6.45, 7) is 6.29. The lowest BCUT2D eigenvalue weighted by molar-refractivity contribution is -0.135. The highest BCUT2D eigenvalue weighted by molar-refractivity contribution is 5.86. The van der Waals surface area contributed by atoms with E-state index < -0.39 is 5.54 Å². The van der Waals surface area contributed by atoms with E-state index in [1.165, 1.54) is 0 Å². The number of carbonyl (C=O) groups excluding carboxylic acids is 1. The molecule has 4 heteroatoms. The highest BCUT2D eigenvalue weighted by atomic mass is 16.2. The molecule has 1 aromatic rings. The zero-order chi connectivity index (χ0) is 11.6. The zero-order valence-corrected chi connectivity index (χ0v) is 9.73. The summed E-state index contributed by atoms with van der Waals surface area (Å²) < 4.78 is 0. The summed E-state index contributed by atoms with van der Waals surface area (Å²) in [6.07, 6.45) is 3.61. The van der Waals surface area contributed by atoms with Crippen LogP contribution in [0.4, 0.5) is 0 Å². The van der Waals surface area contributed by atoms with E-state index in [4.69, 9.17) is 0 Å². The van der Waals surface area contributed by atoms with E-state index in [0.717, 1.165) is 25.2 Å². The van der Waals surface area contributed by atoms with Gasteiger partial charge >= 0.3 is 0 Å². The van der Waals surface area contributed by atoms with Gasteiger partial charge in [0.25, 0.3) is 0 Å². The minimum Gasteiger partial charge on any atom is -0.353 e. The average molecular weight is 219 g/mol. The Balaban J connectivity index is 2.12. The molecule has 0 atom stereocenters. The number of hydrogen-bond acceptors (Lipinski definition) is 3. The number of aromatic nitrogens is 1. The topological polar surface area (TPSA) is 45.2 Å². The van der Waals surface area contributed by atoms with Crippen LogP contribution in [0.3, 0.4) is 0 Å². The van der Waals surface area contributed by atoms with Gasteiger partial charge in [-0.3, -0.25) is 14.7 Å². The van der Waals surface area contributed by atoms with Crippen molar-refractivity contribution < 1.29 is 4.79 Å². The van der Waals surface area contributed by atoms with Gasteiger partial charge in [0.15, 0.2) is 0 Å². The van der Waals surface area contributed by atoms with E-state index in [1.54, 1.807) is 6.20 Å². The van der Waals surface area contributed by atoms with Gasteiger partial charge in [-0.1, -0.05) is 6.07 Å². The first-order chi connectivity index (χ1) is 7.60. The summed E-state index contributed by atoms with van der Waals surface area (Å²) >= 11 is 0. The quantitative estimate of drug-likeness (QED) is 0.800. The number of hydrogen-bond donors (Lipinski definition) is 1. The number of piperazine rings is 1. The summed E-state index contributed by atoms with van der Waals surface area (Å²) in [7, 11) is 0. The van der Waals surface area contributed by atoms with Gasteiger partial charge in [-0.15, -0.1) is 0 Å². The molecular weight excluding hydrogens is 202 g/mol. The number of nitrogens with zero attached hydrogens (tertiary/aromatic N) is 2. The van der Waals surface area contributed by atoms with Crippen LogP contribution in [0.2, 0.25) is 0 Å². The third-order valence-corrected chi connectivity index (χ3v) is 3.11. The SMILES string of the molecule is CC1(C)C(=O)NCCN1Cc1cccnc1. The van der Waals surface area contributed by atoms with Crippen LogP contribution in [0.5, 0.6) is 0 Å². The molecule has 4 nitrogen and oxygen atoms in total. The van der Waals surface area contributed by atoms with Crippen molar-refractivity contribution in [1.82, 2.24) is 15.2 Å². The Bertz CT molecular complexity index is 375. The molecular formula is C12H17N3O. The highest BCUT2D eigenvalue weighted by Crippen LogP contribution is 2.19. The number of amides is 1. The van der Waals surface area contributed by atoms with Crippen molar-refractivity contribution in [2.45, 2.75) is 25.9 Å². The summed E-state index contributed by atoms with van der Waals surface area (Å²) in [5.74, 6) is 0.0997. The van der Waals surface area contributed by atoms with Crippen molar-refractivity contribution in [3.63, 3.8) is 0 Å². The van der Waals surface area contributed by atoms with Crippen molar-refractivity contribution in [1.29, 1.82) is 0 Å². The van der Waals surface area contributed by atoms with Gasteiger partial charge in [0.05, 0.1) is 5.54 Å². The molecule has 0 spiro atoms. The van der Waals surface area contributed by atoms with Gasteiger partial charge in [0, 0.05) is 32.0 Å². The minimum atomic E-state index is -0.436. The standard InChI is InChI=1S/C12H17N3O/c1-12(2)11(16)14-6-7-15(12)9-10-4-3-5-13-8-10/h3-5,8H,6-7,9H2,1-2H3,(H,14,16). The van der Waals surface area contributed by atoms with Crippen molar-refractivity contribution in [3.8, 4) is 0 Å². The molecule has 2 heterocycles. The van der Waals surface area contributed by atoms with E-state index in [0.29, 0.717) is 0 Å². The molecule has 1 aliphatic heterocycles. The van der Waals surface area contributed by atoms with Crippen LogP contribution in [0.15, 0.2) is 24.5 Å². The summed E-state index contributed by atoms with van der Waals surface area (Å²) in [6, 6.07) is 3.96. The fraction of sp³-hybridized carbons (Fsp3) is 0.500. The van der Waals surface area contributed by atoms with E-state index in [-0.39, 0.29) is 5.91 Å². The molecule has 0 radical (unpaired) electrons. The molecule has 1 fully saturated rings. The van der Waals surface area contributed by atoms with Crippen molar-refractivity contribution >= 4 is 5.91 Å². The minimum absolute atomic E-state index is 0.0997. The monoisotopic (exact) mass is 219 g/mol. The average Bonchev–Trinajstić information content (AvgIpc) is 2.27. The Morgan fingerprint density at radius 2 is 2.38 bits per heavy atom. The van der Waals surface area contributed by atoms with Crippen LogP contribution in [0, 0.1) is 0 Å². The molecule has 86 valence electrons. The normalized spacial score (nSPS) is 20.5. The van der Waals surface area contributed by atoms with Crippen LogP contribution in [-0.2, 0) is 11.3 Å². The van der Waals surface area contributed by atoms with E-state index >= 15 is 0 Å². The fourth-order valence-corrected chi connectivity index (χ4v) is 1.93. The largest absolute Gasteiger partial charge is 0.353 e. The molecule has 0 saturated carbocycles. The van der Waals surface area contributed by atoms with Gasteiger partial charge in [-0.25, -0.2) is 0 Å².